The number of hydrogen-bond donors (Lipinski definition) is 2. The molecule has 2 aromatic rings. The summed E-state index contributed by atoms with van der Waals surface area (Å²) in [5.41, 5.74) is 1.34. The van der Waals surface area contributed by atoms with E-state index in [0.717, 1.165) is 36.6 Å². The van der Waals surface area contributed by atoms with E-state index >= 15 is 0 Å². The molecule has 1 aromatic heterocycles. The third kappa shape index (κ3) is 8.16. The van der Waals surface area contributed by atoms with Crippen LogP contribution in [-0.2, 0) is 22.9 Å². The van der Waals surface area contributed by atoms with Crippen LogP contribution in [0.5, 0.6) is 0 Å². The van der Waals surface area contributed by atoms with Gasteiger partial charge in [-0.15, -0.1) is 35.3 Å². The zero-order valence-electron chi connectivity index (χ0n) is 17.9. The number of aryl methyl sites for hydroxylation is 1. The molecule has 0 unspecified atom stereocenters. The molecular formula is C21H33IN4O2S2. The standard InChI is InChI=1S/C21H32N4O2S2.HI/c1-4-25(5-2)29(26,27)20-14-13-19(28-20)15-17-24-21(22-3)23-16-9-12-18-10-7-6-8-11-18;/h6-8,10-11,13-14H,4-5,9,12,15-17H2,1-3H3,(H2,22,23,24);1H. The Hall–Kier alpha value is -1.17. The molecule has 1 heterocycles. The Morgan fingerprint density at radius 3 is 2.30 bits per heavy atom. The molecule has 0 radical (unpaired) electrons. The molecule has 0 saturated carbocycles. The molecular weight excluding hydrogens is 531 g/mol. The van der Waals surface area contributed by atoms with Crippen LogP contribution in [0.15, 0.2) is 51.7 Å². The van der Waals surface area contributed by atoms with Crippen molar-refractivity contribution in [3.05, 3.63) is 52.9 Å². The van der Waals surface area contributed by atoms with E-state index in [1.807, 2.05) is 26.0 Å². The maximum atomic E-state index is 12.6. The summed E-state index contributed by atoms with van der Waals surface area (Å²) < 4.78 is 27.1. The van der Waals surface area contributed by atoms with Crippen LogP contribution in [0.3, 0.4) is 0 Å². The van der Waals surface area contributed by atoms with E-state index in [1.165, 1.54) is 21.2 Å². The van der Waals surface area contributed by atoms with Crippen LogP contribution in [0.1, 0.15) is 30.7 Å². The van der Waals surface area contributed by atoms with Crippen LogP contribution >= 0.6 is 35.3 Å². The second-order valence-electron chi connectivity index (χ2n) is 6.57. The molecule has 0 aliphatic heterocycles. The van der Waals surface area contributed by atoms with Crippen LogP contribution < -0.4 is 10.6 Å². The van der Waals surface area contributed by atoms with Crippen molar-refractivity contribution < 1.29 is 8.42 Å². The Labute approximate surface area is 202 Å². The van der Waals surface area contributed by atoms with Gasteiger partial charge >= 0.3 is 0 Å². The first kappa shape index (κ1) is 26.9. The van der Waals surface area contributed by atoms with Gasteiger partial charge in [-0.3, -0.25) is 4.99 Å². The lowest BCUT2D eigenvalue weighted by molar-refractivity contribution is 0.447. The minimum atomic E-state index is -3.37. The lowest BCUT2D eigenvalue weighted by Gasteiger charge is -2.16. The van der Waals surface area contributed by atoms with Crippen molar-refractivity contribution in [2.45, 2.75) is 37.3 Å². The number of guanidine groups is 1. The molecule has 1 aromatic carbocycles. The van der Waals surface area contributed by atoms with E-state index in [9.17, 15) is 8.42 Å². The summed E-state index contributed by atoms with van der Waals surface area (Å²) in [6, 6.07) is 14.1. The van der Waals surface area contributed by atoms with Crippen LogP contribution in [-0.4, -0.2) is 51.9 Å². The van der Waals surface area contributed by atoms with E-state index < -0.39 is 10.0 Å². The largest absolute Gasteiger partial charge is 0.356 e. The number of sulfonamides is 1. The van der Waals surface area contributed by atoms with Gasteiger partial charge in [-0.25, -0.2) is 8.42 Å². The van der Waals surface area contributed by atoms with Crippen molar-refractivity contribution >= 4 is 51.3 Å². The van der Waals surface area contributed by atoms with Crippen LogP contribution in [0, 0.1) is 0 Å². The molecule has 0 atom stereocenters. The SMILES string of the molecule is CCN(CC)S(=O)(=O)c1ccc(CCNC(=NC)NCCCc2ccccc2)s1.I. The Balaban J connectivity index is 0.00000450. The zero-order valence-corrected chi connectivity index (χ0v) is 21.9. The average Bonchev–Trinajstić information content (AvgIpc) is 3.21. The number of rotatable bonds is 11. The lowest BCUT2D eigenvalue weighted by Crippen LogP contribution is -2.38. The lowest BCUT2D eigenvalue weighted by atomic mass is 10.1. The Kier molecular flexibility index (Phi) is 12.5. The molecule has 0 bridgehead atoms. The zero-order chi connectivity index (χ0) is 21.1. The fourth-order valence-electron chi connectivity index (χ4n) is 2.99. The third-order valence-electron chi connectivity index (χ3n) is 4.60. The summed E-state index contributed by atoms with van der Waals surface area (Å²) in [4.78, 5) is 5.29. The van der Waals surface area contributed by atoms with Crippen molar-refractivity contribution in [3.63, 3.8) is 0 Å². The average molecular weight is 565 g/mol. The van der Waals surface area contributed by atoms with Gasteiger partial charge in [0.1, 0.15) is 4.21 Å². The molecule has 9 heteroatoms. The highest BCUT2D eigenvalue weighted by atomic mass is 127. The fraction of sp³-hybridized carbons (Fsp3) is 0.476. The van der Waals surface area contributed by atoms with E-state index in [1.54, 1.807) is 13.1 Å². The number of halogens is 1. The number of aliphatic imine (C=N–C) groups is 1. The predicted molar refractivity (Wildman–Crippen MR) is 138 cm³/mol. The smallest absolute Gasteiger partial charge is 0.252 e. The van der Waals surface area contributed by atoms with E-state index in [0.29, 0.717) is 23.8 Å². The molecule has 0 amide bonds. The van der Waals surface area contributed by atoms with Gasteiger partial charge in [0.15, 0.2) is 5.96 Å². The van der Waals surface area contributed by atoms with Crippen molar-refractivity contribution in [1.29, 1.82) is 0 Å². The third-order valence-corrected chi connectivity index (χ3v) is 8.26. The summed E-state index contributed by atoms with van der Waals surface area (Å²) in [6.45, 7) is 6.24. The minimum Gasteiger partial charge on any atom is -0.356 e. The summed E-state index contributed by atoms with van der Waals surface area (Å²) in [5, 5.41) is 6.62. The topological polar surface area (TPSA) is 73.8 Å². The first-order valence-corrected chi connectivity index (χ1v) is 12.3. The van der Waals surface area contributed by atoms with Crippen molar-refractivity contribution in [2.24, 2.45) is 4.99 Å². The predicted octanol–water partition coefficient (Wildman–Crippen LogP) is 3.74. The van der Waals surface area contributed by atoms with Gasteiger partial charge in [0.25, 0.3) is 10.0 Å². The first-order chi connectivity index (χ1) is 14.0. The Morgan fingerprint density at radius 2 is 1.67 bits per heavy atom. The van der Waals surface area contributed by atoms with E-state index in [2.05, 4.69) is 39.9 Å². The molecule has 168 valence electrons. The van der Waals surface area contributed by atoms with Gasteiger partial charge in [0.05, 0.1) is 0 Å². The second-order valence-corrected chi connectivity index (χ2v) is 9.91. The molecule has 2 rings (SSSR count). The molecule has 30 heavy (non-hydrogen) atoms. The Bertz CT molecular complexity index is 866. The normalized spacial score (nSPS) is 11.9. The highest BCUT2D eigenvalue weighted by Crippen LogP contribution is 2.25. The molecule has 0 aliphatic rings. The molecule has 2 N–H and O–H groups in total. The number of nitrogens with zero attached hydrogens (tertiary/aromatic N) is 2. The maximum absolute atomic E-state index is 12.6. The van der Waals surface area contributed by atoms with Crippen molar-refractivity contribution in [1.82, 2.24) is 14.9 Å². The van der Waals surface area contributed by atoms with E-state index in [4.69, 9.17) is 0 Å². The highest BCUT2D eigenvalue weighted by Gasteiger charge is 2.23. The number of nitrogens with one attached hydrogen (secondary N) is 2. The number of thiophene rings is 1. The number of hydrogen-bond acceptors (Lipinski definition) is 4. The second kappa shape index (κ2) is 14.0. The molecule has 6 nitrogen and oxygen atoms in total. The summed E-state index contributed by atoms with van der Waals surface area (Å²) >= 11 is 1.35. The summed E-state index contributed by atoms with van der Waals surface area (Å²) in [5.74, 6) is 0.769. The van der Waals surface area contributed by atoms with Crippen LogP contribution in [0.2, 0.25) is 0 Å². The van der Waals surface area contributed by atoms with Crippen molar-refractivity contribution in [2.75, 3.05) is 33.2 Å². The van der Waals surface area contributed by atoms with Gasteiger partial charge in [0, 0.05) is 38.1 Å². The van der Waals surface area contributed by atoms with Crippen molar-refractivity contribution in [3.8, 4) is 0 Å². The number of benzene rings is 1. The first-order valence-electron chi connectivity index (χ1n) is 10.1. The summed E-state index contributed by atoms with van der Waals surface area (Å²) in [7, 11) is -1.61. The van der Waals surface area contributed by atoms with Crippen LogP contribution in [0.4, 0.5) is 0 Å². The highest BCUT2D eigenvalue weighted by molar-refractivity contribution is 14.0. The monoisotopic (exact) mass is 564 g/mol. The molecule has 0 fully saturated rings. The Morgan fingerprint density at radius 1 is 1.00 bits per heavy atom. The van der Waals surface area contributed by atoms with Gasteiger partial charge < -0.3 is 10.6 Å². The molecule has 0 aliphatic carbocycles. The maximum Gasteiger partial charge on any atom is 0.252 e. The fourth-order valence-corrected chi connectivity index (χ4v) is 5.96. The molecule has 0 saturated heterocycles. The van der Waals surface area contributed by atoms with Gasteiger partial charge in [-0.2, -0.15) is 4.31 Å². The van der Waals surface area contributed by atoms with E-state index in [-0.39, 0.29) is 24.0 Å². The summed E-state index contributed by atoms with van der Waals surface area (Å²) in [6.07, 6.45) is 2.81. The van der Waals surface area contributed by atoms with Gasteiger partial charge in [0.2, 0.25) is 0 Å². The minimum absolute atomic E-state index is 0. The quantitative estimate of drug-likeness (QED) is 0.189. The van der Waals surface area contributed by atoms with Crippen LogP contribution in [0.25, 0.3) is 0 Å². The molecule has 0 spiro atoms. The van der Waals surface area contributed by atoms with Gasteiger partial charge in [-0.1, -0.05) is 44.2 Å². The van der Waals surface area contributed by atoms with Gasteiger partial charge in [-0.05, 0) is 37.0 Å².